The summed E-state index contributed by atoms with van der Waals surface area (Å²) in [6, 6.07) is 4.12. The van der Waals surface area contributed by atoms with Gasteiger partial charge in [-0.25, -0.2) is 4.98 Å². The van der Waals surface area contributed by atoms with Crippen molar-refractivity contribution in [1.29, 1.82) is 0 Å². The molecular weight excluding hydrogens is 362 g/mol. The first-order valence-electron chi connectivity index (χ1n) is 10.5. The van der Waals surface area contributed by atoms with Crippen LogP contribution in [-0.4, -0.2) is 38.8 Å². The number of hydrogen-bond donors (Lipinski definition) is 1. The number of amides is 1. The minimum absolute atomic E-state index is 0.180. The van der Waals surface area contributed by atoms with E-state index in [1.807, 2.05) is 12.3 Å². The van der Waals surface area contributed by atoms with Crippen molar-refractivity contribution in [2.24, 2.45) is 5.92 Å². The second-order valence-electron chi connectivity index (χ2n) is 8.29. The van der Waals surface area contributed by atoms with Gasteiger partial charge in [0.15, 0.2) is 0 Å². The molecule has 29 heavy (non-hydrogen) atoms. The molecule has 2 aromatic heterocycles. The standard InChI is InChI=1S/C23H29N5O/c1-16-3-4-19(13-17(16)2)23(29)28-11-7-18(8-12-28)21-6-5-20(14-26-21)27-22-15-24-9-10-25-22/h5-6,9-10,14-15,18-19H,3-4,7-8,11-13H2,1-2H3,(H,25,27)/t19-/m1/s1. The molecule has 0 unspecified atom stereocenters. The Morgan fingerprint density at radius 1 is 1.03 bits per heavy atom. The highest BCUT2D eigenvalue weighted by molar-refractivity contribution is 5.79. The maximum absolute atomic E-state index is 12.9. The van der Waals surface area contributed by atoms with E-state index >= 15 is 0 Å². The fraction of sp³-hybridized carbons (Fsp3) is 0.478. The molecule has 1 amide bonds. The number of anilines is 2. The minimum atomic E-state index is 0.180. The Morgan fingerprint density at radius 3 is 2.52 bits per heavy atom. The zero-order chi connectivity index (χ0) is 20.2. The summed E-state index contributed by atoms with van der Waals surface area (Å²) in [5.74, 6) is 1.66. The van der Waals surface area contributed by atoms with Crippen molar-refractivity contribution in [3.05, 3.63) is 53.8 Å². The van der Waals surface area contributed by atoms with Gasteiger partial charge in [-0.2, -0.15) is 0 Å². The van der Waals surface area contributed by atoms with Crippen LogP contribution < -0.4 is 5.32 Å². The highest BCUT2D eigenvalue weighted by atomic mass is 16.2. The van der Waals surface area contributed by atoms with Crippen LogP contribution in [0.15, 0.2) is 48.1 Å². The van der Waals surface area contributed by atoms with Crippen molar-refractivity contribution >= 4 is 17.4 Å². The summed E-state index contributed by atoms with van der Waals surface area (Å²) in [4.78, 5) is 27.9. The summed E-state index contributed by atoms with van der Waals surface area (Å²) in [6.07, 6.45) is 11.8. The quantitative estimate of drug-likeness (QED) is 0.779. The Bertz CT molecular complexity index is 870. The summed E-state index contributed by atoms with van der Waals surface area (Å²) in [5, 5.41) is 3.21. The molecule has 1 saturated heterocycles. The van der Waals surface area contributed by atoms with E-state index < -0.39 is 0 Å². The highest BCUT2D eigenvalue weighted by Gasteiger charge is 2.30. The highest BCUT2D eigenvalue weighted by Crippen LogP contribution is 2.33. The maximum Gasteiger partial charge on any atom is 0.226 e. The van der Waals surface area contributed by atoms with E-state index in [9.17, 15) is 4.79 Å². The number of pyridine rings is 1. The molecule has 0 spiro atoms. The molecule has 2 aromatic rings. The van der Waals surface area contributed by atoms with Crippen molar-refractivity contribution in [3.8, 4) is 0 Å². The molecule has 2 aliphatic rings. The van der Waals surface area contributed by atoms with E-state index in [1.54, 1.807) is 18.6 Å². The molecule has 0 radical (unpaired) electrons. The van der Waals surface area contributed by atoms with E-state index in [0.29, 0.717) is 17.6 Å². The number of carbonyl (C=O) groups excluding carboxylic acids is 1. The molecule has 4 rings (SSSR count). The molecular formula is C23H29N5O. The number of nitrogens with one attached hydrogen (secondary N) is 1. The van der Waals surface area contributed by atoms with E-state index in [2.05, 4.69) is 45.1 Å². The molecule has 1 aliphatic carbocycles. The van der Waals surface area contributed by atoms with Gasteiger partial charge in [-0.1, -0.05) is 11.1 Å². The van der Waals surface area contributed by atoms with Gasteiger partial charge in [-0.05, 0) is 58.1 Å². The summed E-state index contributed by atoms with van der Waals surface area (Å²) in [6.45, 7) is 6.05. The monoisotopic (exact) mass is 391 g/mol. The molecule has 1 fully saturated rings. The van der Waals surface area contributed by atoms with Gasteiger partial charge >= 0.3 is 0 Å². The summed E-state index contributed by atoms with van der Waals surface area (Å²) >= 11 is 0. The van der Waals surface area contributed by atoms with E-state index in [1.165, 1.54) is 11.1 Å². The Morgan fingerprint density at radius 2 is 1.86 bits per heavy atom. The number of allylic oxidation sites excluding steroid dienone is 2. The number of hydrogen-bond acceptors (Lipinski definition) is 5. The van der Waals surface area contributed by atoms with E-state index in [-0.39, 0.29) is 5.92 Å². The Balaban J connectivity index is 1.31. The predicted molar refractivity (Wildman–Crippen MR) is 114 cm³/mol. The first-order valence-corrected chi connectivity index (χ1v) is 10.5. The van der Waals surface area contributed by atoms with Gasteiger partial charge in [-0.3, -0.25) is 14.8 Å². The van der Waals surface area contributed by atoms with Crippen molar-refractivity contribution in [2.45, 2.75) is 51.9 Å². The first-order chi connectivity index (χ1) is 14.1. The van der Waals surface area contributed by atoms with Crippen LogP contribution in [0.2, 0.25) is 0 Å². The van der Waals surface area contributed by atoms with Crippen molar-refractivity contribution < 1.29 is 4.79 Å². The molecule has 152 valence electrons. The lowest BCUT2D eigenvalue weighted by atomic mass is 9.83. The number of aromatic nitrogens is 3. The van der Waals surface area contributed by atoms with Gasteiger partial charge < -0.3 is 10.2 Å². The molecule has 3 heterocycles. The number of rotatable bonds is 4. The number of carbonyl (C=O) groups is 1. The zero-order valence-electron chi connectivity index (χ0n) is 17.3. The normalized spacial score (nSPS) is 20.6. The number of nitrogens with zero attached hydrogens (tertiary/aromatic N) is 4. The lowest BCUT2D eigenvalue weighted by Crippen LogP contribution is -2.42. The van der Waals surface area contributed by atoms with E-state index in [4.69, 9.17) is 0 Å². The van der Waals surface area contributed by atoms with Gasteiger partial charge in [0.1, 0.15) is 5.82 Å². The molecule has 1 aliphatic heterocycles. The van der Waals surface area contributed by atoms with Crippen LogP contribution in [0.4, 0.5) is 11.5 Å². The lowest BCUT2D eigenvalue weighted by Gasteiger charge is -2.35. The second kappa shape index (κ2) is 8.72. The van der Waals surface area contributed by atoms with Crippen LogP contribution in [0.5, 0.6) is 0 Å². The summed E-state index contributed by atoms with van der Waals surface area (Å²) in [5.41, 5.74) is 4.88. The Hall–Kier alpha value is -2.76. The topological polar surface area (TPSA) is 71.0 Å². The van der Waals surface area contributed by atoms with Gasteiger partial charge in [-0.15, -0.1) is 0 Å². The van der Waals surface area contributed by atoms with Crippen LogP contribution in [0.1, 0.15) is 57.6 Å². The van der Waals surface area contributed by atoms with Crippen molar-refractivity contribution in [1.82, 2.24) is 19.9 Å². The SMILES string of the molecule is CC1=C(C)C[C@H](C(=O)N2CCC(c3ccc(Nc4cnccn4)cn3)CC2)CC1. The average Bonchev–Trinajstić information content (AvgIpc) is 2.77. The summed E-state index contributed by atoms with van der Waals surface area (Å²) < 4.78 is 0. The molecule has 0 bridgehead atoms. The third-order valence-electron chi connectivity index (χ3n) is 6.35. The molecule has 0 aromatic carbocycles. The third-order valence-corrected chi connectivity index (χ3v) is 6.35. The van der Waals surface area contributed by atoms with Crippen molar-refractivity contribution in [3.63, 3.8) is 0 Å². The van der Waals surface area contributed by atoms with Crippen LogP contribution in [0.3, 0.4) is 0 Å². The van der Waals surface area contributed by atoms with Crippen molar-refractivity contribution in [2.75, 3.05) is 18.4 Å². The smallest absolute Gasteiger partial charge is 0.226 e. The molecule has 1 atom stereocenters. The van der Waals surface area contributed by atoms with Crippen LogP contribution in [0, 0.1) is 5.92 Å². The summed E-state index contributed by atoms with van der Waals surface area (Å²) in [7, 11) is 0. The molecule has 6 nitrogen and oxygen atoms in total. The van der Waals surface area contributed by atoms with E-state index in [0.717, 1.165) is 56.6 Å². The van der Waals surface area contributed by atoms with Crippen LogP contribution >= 0.6 is 0 Å². The second-order valence-corrected chi connectivity index (χ2v) is 8.29. The third kappa shape index (κ3) is 4.63. The largest absolute Gasteiger partial charge is 0.342 e. The maximum atomic E-state index is 12.9. The fourth-order valence-electron chi connectivity index (χ4n) is 4.35. The van der Waals surface area contributed by atoms with Crippen LogP contribution in [0.25, 0.3) is 0 Å². The number of likely N-dealkylation sites (tertiary alicyclic amines) is 1. The fourth-order valence-corrected chi connectivity index (χ4v) is 4.35. The Labute approximate surface area is 172 Å². The Kier molecular flexibility index (Phi) is 5.88. The molecule has 1 N–H and O–H groups in total. The number of piperidine rings is 1. The van der Waals surface area contributed by atoms with Crippen LogP contribution in [-0.2, 0) is 4.79 Å². The van der Waals surface area contributed by atoms with Gasteiger partial charge in [0.25, 0.3) is 0 Å². The molecule has 0 saturated carbocycles. The molecule has 6 heteroatoms. The minimum Gasteiger partial charge on any atom is -0.342 e. The lowest BCUT2D eigenvalue weighted by molar-refractivity contribution is -0.137. The van der Waals surface area contributed by atoms with Gasteiger partial charge in [0.2, 0.25) is 5.91 Å². The zero-order valence-corrected chi connectivity index (χ0v) is 17.3. The first kappa shape index (κ1) is 19.6. The average molecular weight is 392 g/mol. The van der Waals surface area contributed by atoms with Gasteiger partial charge in [0, 0.05) is 43.0 Å². The van der Waals surface area contributed by atoms with Gasteiger partial charge in [0.05, 0.1) is 18.1 Å². The predicted octanol–water partition coefficient (Wildman–Crippen LogP) is 4.46.